The van der Waals surface area contributed by atoms with Crippen LogP contribution in [0.4, 0.5) is 9.80 Å². The first kappa shape index (κ1) is 20.6. The Morgan fingerprint density at radius 2 is 2.20 bits per heavy atom. The summed E-state index contributed by atoms with van der Waals surface area (Å²) in [7, 11) is 0. The zero-order valence-corrected chi connectivity index (χ0v) is 17.9. The Labute approximate surface area is 182 Å². The van der Waals surface area contributed by atoms with Crippen molar-refractivity contribution < 1.29 is 19.1 Å². The molecule has 1 aliphatic heterocycles. The summed E-state index contributed by atoms with van der Waals surface area (Å²) in [4.78, 5) is 28.3. The summed E-state index contributed by atoms with van der Waals surface area (Å²) in [6.45, 7) is 2.15. The third-order valence-electron chi connectivity index (χ3n) is 5.05. The molecule has 0 bridgehead atoms. The monoisotopic (exact) mass is 443 g/mol. The number of anilines is 1. The van der Waals surface area contributed by atoms with Crippen LogP contribution in [0.1, 0.15) is 27.3 Å². The number of morpholine rings is 1. The smallest absolute Gasteiger partial charge is 0.410 e. The van der Waals surface area contributed by atoms with Crippen LogP contribution in [0.3, 0.4) is 0 Å². The van der Waals surface area contributed by atoms with Crippen molar-refractivity contribution in [1.82, 2.24) is 4.90 Å². The highest BCUT2D eigenvalue weighted by Crippen LogP contribution is 2.38. The first-order valence-electron chi connectivity index (χ1n) is 9.74. The molecule has 4 rings (SSSR count). The maximum Gasteiger partial charge on any atom is 0.410 e. The topological polar surface area (TPSA) is 91.7 Å². The second-order valence-electron chi connectivity index (χ2n) is 7.01. The molecule has 0 aromatic carbocycles. The van der Waals surface area contributed by atoms with E-state index in [9.17, 15) is 14.9 Å². The summed E-state index contributed by atoms with van der Waals surface area (Å²) in [6.07, 6.45) is 4.57. The molecule has 1 aliphatic carbocycles. The molecule has 9 heteroatoms. The number of amides is 2. The van der Waals surface area contributed by atoms with Gasteiger partial charge in [0.15, 0.2) is 0 Å². The van der Waals surface area contributed by atoms with E-state index in [0.29, 0.717) is 56.1 Å². The van der Waals surface area contributed by atoms with Crippen molar-refractivity contribution in [3.05, 3.63) is 44.5 Å². The Balaban J connectivity index is 1.41. The van der Waals surface area contributed by atoms with Gasteiger partial charge in [-0.2, -0.15) is 5.26 Å². The van der Waals surface area contributed by atoms with Gasteiger partial charge >= 0.3 is 6.09 Å². The average molecular weight is 444 g/mol. The molecule has 1 N–H and O–H groups in total. The molecule has 0 spiro atoms. The van der Waals surface area contributed by atoms with Crippen molar-refractivity contribution in [2.24, 2.45) is 0 Å². The van der Waals surface area contributed by atoms with Crippen LogP contribution < -0.4 is 5.32 Å². The summed E-state index contributed by atoms with van der Waals surface area (Å²) in [5.41, 5.74) is 1.48. The molecule has 3 heterocycles. The van der Waals surface area contributed by atoms with Gasteiger partial charge in [0.05, 0.1) is 18.8 Å². The molecule has 1 unspecified atom stereocenters. The Morgan fingerprint density at radius 3 is 2.93 bits per heavy atom. The highest BCUT2D eigenvalue weighted by Gasteiger charge is 2.30. The van der Waals surface area contributed by atoms with Crippen LogP contribution in [-0.2, 0) is 27.1 Å². The minimum Gasteiger partial charge on any atom is -0.446 e. The van der Waals surface area contributed by atoms with Crippen molar-refractivity contribution in [3.8, 4) is 6.07 Å². The molecule has 30 heavy (non-hydrogen) atoms. The number of nitrogens with one attached hydrogen (secondary N) is 1. The molecule has 2 amide bonds. The zero-order chi connectivity index (χ0) is 20.9. The van der Waals surface area contributed by atoms with Crippen LogP contribution in [-0.4, -0.2) is 49.3 Å². The highest BCUT2D eigenvalue weighted by atomic mass is 32.1. The van der Waals surface area contributed by atoms with Gasteiger partial charge < -0.3 is 19.7 Å². The van der Waals surface area contributed by atoms with Crippen molar-refractivity contribution >= 4 is 45.8 Å². The quantitative estimate of drug-likeness (QED) is 0.728. The fraction of sp³-hybridized carbons (Fsp3) is 0.381. The molecule has 1 saturated heterocycles. The van der Waals surface area contributed by atoms with Crippen LogP contribution in [0.25, 0.3) is 6.08 Å². The number of hydrogen-bond donors (Lipinski definition) is 1. The van der Waals surface area contributed by atoms with Gasteiger partial charge in [-0.1, -0.05) is 6.07 Å². The molecule has 7 nitrogen and oxygen atoms in total. The van der Waals surface area contributed by atoms with E-state index in [2.05, 4.69) is 11.4 Å². The molecule has 0 saturated carbocycles. The van der Waals surface area contributed by atoms with Gasteiger partial charge in [0.2, 0.25) is 5.91 Å². The van der Waals surface area contributed by atoms with Crippen LogP contribution in [0, 0.1) is 11.3 Å². The lowest BCUT2D eigenvalue weighted by molar-refractivity contribution is -0.111. The number of carbonyl (C=O) groups excluding carboxylic acids is 2. The van der Waals surface area contributed by atoms with Gasteiger partial charge in [-0.25, -0.2) is 4.79 Å². The van der Waals surface area contributed by atoms with Gasteiger partial charge in [-0.15, -0.1) is 22.7 Å². The van der Waals surface area contributed by atoms with Gasteiger partial charge in [0.25, 0.3) is 0 Å². The van der Waals surface area contributed by atoms with Gasteiger partial charge in [0.1, 0.15) is 17.2 Å². The van der Waals surface area contributed by atoms with Crippen LogP contribution in [0.15, 0.2) is 23.6 Å². The minimum absolute atomic E-state index is 0.222. The third kappa shape index (κ3) is 4.73. The fourth-order valence-electron chi connectivity index (χ4n) is 3.52. The standard InChI is InChI=1S/C21H21N3O4S2/c22-13-17-16-5-3-14(28-21(26)24-7-9-27-10-8-24)12-18(16)30-20(17)23-19(25)6-4-15-2-1-11-29-15/h1-2,4,6,11,14H,3,5,7-10,12H2,(H,23,25). The molecule has 2 aromatic rings. The number of nitrogens with zero attached hydrogens (tertiary/aromatic N) is 2. The van der Waals surface area contributed by atoms with E-state index < -0.39 is 0 Å². The van der Waals surface area contributed by atoms with Crippen molar-refractivity contribution in [3.63, 3.8) is 0 Å². The number of hydrogen-bond acceptors (Lipinski definition) is 7. The Kier molecular flexibility index (Phi) is 6.47. The van der Waals surface area contributed by atoms with Crippen molar-refractivity contribution in [2.75, 3.05) is 31.6 Å². The molecular formula is C21H21N3O4S2. The summed E-state index contributed by atoms with van der Waals surface area (Å²) in [5.74, 6) is -0.270. The Hall–Kier alpha value is -2.67. The SMILES string of the molecule is N#Cc1c(NC(=O)C=Cc2cccs2)sc2c1CCC(OC(=O)N1CCOCC1)C2. The van der Waals surface area contributed by atoms with Crippen molar-refractivity contribution in [2.45, 2.75) is 25.4 Å². The number of fused-ring (bicyclic) bond motifs is 1. The van der Waals surface area contributed by atoms with Crippen LogP contribution in [0.2, 0.25) is 0 Å². The summed E-state index contributed by atoms with van der Waals surface area (Å²) in [6, 6.07) is 6.08. The molecule has 156 valence electrons. The van der Waals surface area contributed by atoms with Gasteiger partial charge in [-0.05, 0) is 35.9 Å². The van der Waals surface area contributed by atoms with Crippen molar-refractivity contribution in [1.29, 1.82) is 5.26 Å². The minimum atomic E-state index is -0.309. The summed E-state index contributed by atoms with van der Waals surface area (Å²) >= 11 is 2.94. The molecule has 2 aromatic heterocycles. The first-order chi connectivity index (χ1) is 14.6. The molecular weight excluding hydrogens is 422 g/mol. The normalized spacial score (nSPS) is 18.6. The largest absolute Gasteiger partial charge is 0.446 e. The predicted molar refractivity (Wildman–Crippen MR) is 116 cm³/mol. The first-order valence-corrected chi connectivity index (χ1v) is 11.4. The molecule has 1 atom stereocenters. The van der Waals surface area contributed by atoms with E-state index in [1.807, 2.05) is 17.5 Å². The summed E-state index contributed by atoms with van der Waals surface area (Å²) in [5, 5.41) is 15.0. The number of rotatable bonds is 4. The number of thiophene rings is 2. The predicted octanol–water partition coefficient (Wildman–Crippen LogP) is 3.66. The van der Waals surface area contributed by atoms with Crippen LogP contribution >= 0.6 is 22.7 Å². The zero-order valence-electron chi connectivity index (χ0n) is 16.3. The van der Waals surface area contributed by atoms with E-state index in [4.69, 9.17) is 9.47 Å². The lowest BCUT2D eigenvalue weighted by Gasteiger charge is -2.29. The molecule has 2 aliphatic rings. The lowest BCUT2D eigenvalue weighted by atomic mass is 9.94. The summed E-state index contributed by atoms with van der Waals surface area (Å²) < 4.78 is 11.0. The average Bonchev–Trinajstić information content (AvgIpc) is 3.39. The Bertz CT molecular complexity index is 985. The molecule has 0 radical (unpaired) electrons. The molecule has 1 fully saturated rings. The third-order valence-corrected chi connectivity index (χ3v) is 7.05. The lowest BCUT2D eigenvalue weighted by Crippen LogP contribution is -2.42. The van der Waals surface area contributed by atoms with E-state index in [1.165, 1.54) is 17.4 Å². The van der Waals surface area contributed by atoms with E-state index in [-0.39, 0.29) is 18.1 Å². The van der Waals surface area contributed by atoms with E-state index >= 15 is 0 Å². The number of nitriles is 1. The highest BCUT2D eigenvalue weighted by molar-refractivity contribution is 7.16. The van der Waals surface area contributed by atoms with Gasteiger partial charge in [-0.3, -0.25) is 4.79 Å². The second kappa shape index (κ2) is 9.43. The van der Waals surface area contributed by atoms with Crippen LogP contribution in [0.5, 0.6) is 0 Å². The van der Waals surface area contributed by atoms with E-state index in [0.717, 1.165) is 15.3 Å². The van der Waals surface area contributed by atoms with Gasteiger partial charge in [0, 0.05) is 35.3 Å². The maximum atomic E-state index is 12.4. The number of ether oxygens (including phenoxy) is 2. The fourth-order valence-corrected chi connectivity index (χ4v) is 5.41. The maximum absolute atomic E-state index is 12.4. The van der Waals surface area contributed by atoms with E-state index in [1.54, 1.807) is 22.3 Å². The number of carbonyl (C=O) groups is 2. The Morgan fingerprint density at radius 1 is 1.37 bits per heavy atom. The second-order valence-corrected chi connectivity index (χ2v) is 9.09.